The molecule has 0 atom stereocenters. The number of rotatable bonds is 7. The molecule has 0 unspecified atom stereocenters. The SMILES string of the molecule is CCN(CC)CCN(C(=O)c1ccccc1C)c1nc2cc3c(cc2s1)OCCO3. The summed E-state index contributed by atoms with van der Waals surface area (Å²) < 4.78 is 12.4. The minimum atomic E-state index is -0.0171. The molecular formula is C23H27N3O3S. The van der Waals surface area contributed by atoms with Crippen molar-refractivity contribution in [2.45, 2.75) is 20.8 Å². The van der Waals surface area contributed by atoms with Crippen LogP contribution in [-0.2, 0) is 0 Å². The lowest BCUT2D eigenvalue weighted by Gasteiger charge is -2.25. The number of thiazole rings is 1. The summed E-state index contributed by atoms with van der Waals surface area (Å²) in [5.74, 6) is 1.44. The molecule has 30 heavy (non-hydrogen) atoms. The van der Waals surface area contributed by atoms with Gasteiger partial charge >= 0.3 is 0 Å². The van der Waals surface area contributed by atoms with Crippen LogP contribution in [0.3, 0.4) is 0 Å². The van der Waals surface area contributed by atoms with E-state index in [0.29, 0.717) is 36.2 Å². The van der Waals surface area contributed by atoms with Crippen LogP contribution in [0.2, 0.25) is 0 Å². The van der Waals surface area contributed by atoms with Gasteiger partial charge < -0.3 is 14.4 Å². The molecule has 0 fully saturated rings. The van der Waals surface area contributed by atoms with Gasteiger partial charge in [-0.15, -0.1) is 0 Å². The third kappa shape index (κ3) is 4.13. The number of aryl methyl sites for hydroxylation is 1. The van der Waals surface area contributed by atoms with Gasteiger partial charge in [-0.1, -0.05) is 43.4 Å². The van der Waals surface area contributed by atoms with Crippen molar-refractivity contribution in [2.24, 2.45) is 0 Å². The Labute approximate surface area is 181 Å². The molecule has 3 aromatic rings. The van der Waals surface area contributed by atoms with Crippen LogP contribution < -0.4 is 14.4 Å². The molecule has 2 heterocycles. The fraction of sp³-hybridized carbons (Fsp3) is 0.391. The van der Waals surface area contributed by atoms with E-state index >= 15 is 0 Å². The zero-order valence-electron chi connectivity index (χ0n) is 17.7. The van der Waals surface area contributed by atoms with Crippen LogP contribution >= 0.6 is 11.3 Å². The number of aromatic nitrogens is 1. The number of carbonyl (C=O) groups excluding carboxylic acids is 1. The first-order chi connectivity index (χ1) is 14.6. The molecule has 0 spiro atoms. The number of carbonyl (C=O) groups is 1. The molecule has 1 aromatic heterocycles. The largest absolute Gasteiger partial charge is 0.486 e. The summed E-state index contributed by atoms with van der Waals surface area (Å²) in [5, 5.41) is 0.702. The molecular weight excluding hydrogens is 398 g/mol. The van der Waals surface area contributed by atoms with Crippen molar-refractivity contribution in [1.82, 2.24) is 9.88 Å². The van der Waals surface area contributed by atoms with E-state index < -0.39 is 0 Å². The molecule has 2 aromatic carbocycles. The van der Waals surface area contributed by atoms with E-state index in [1.807, 2.05) is 48.2 Å². The van der Waals surface area contributed by atoms with Gasteiger partial charge in [-0.3, -0.25) is 9.69 Å². The Balaban J connectivity index is 1.71. The van der Waals surface area contributed by atoms with Gasteiger partial charge in [0.2, 0.25) is 0 Å². The second kappa shape index (κ2) is 9.02. The number of anilines is 1. The summed E-state index contributed by atoms with van der Waals surface area (Å²) in [5.41, 5.74) is 2.50. The Kier molecular flexibility index (Phi) is 6.20. The number of fused-ring (bicyclic) bond motifs is 2. The highest BCUT2D eigenvalue weighted by Gasteiger charge is 2.24. The summed E-state index contributed by atoms with van der Waals surface area (Å²) in [4.78, 5) is 22.4. The van der Waals surface area contributed by atoms with Crippen molar-refractivity contribution in [3.8, 4) is 11.5 Å². The quantitative estimate of drug-likeness (QED) is 0.563. The number of hydrogen-bond donors (Lipinski definition) is 0. The average molecular weight is 426 g/mol. The van der Waals surface area contributed by atoms with Gasteiger partial charge in [-0.2, -0.15) is 0 Å². The van der Waals surface area contributed by atoms with Crippen LogP contribution in [0.1, 0.15) is 29.8 Å². The lowest BCUT2D eigenvalue weighted by Crippen LogP contribution is -2.39. The third-order valence-electron chi connectivity index (χ3n) is 5.43. The number of hydrogen-bond acceptors (Lipinski definition) is 6. The topological polar surface area (TPSA) is 54.9 Å². The lowest BCUT2D eigenvalue weighted by molar-refractivity contribution is 0.0983. The van der Waals surface area contributed by atoms with E-state index in [2.05, 4.69) is 18.7 Å². The fourth-order valence-electron chi connectivity index (χ4n) is 3.59. The Hall–Kier alpha value is -2.64. The van der Waals surface area contributed by atoms with Crippen molar-refractivity contribution in [3.05, 3.63) is 47.5 Å². The standard InChI is InChI=1S/C23H27N3O3S/c1-4-25(5-2)10-11-26(22(27)17-9-7-6-8-16(17)3)23-24-18-14-19-20(15-21(18)30-23)29-13-12-28-19/h6-9,14-15H,4-5,10-13H2,1-3H3. The van der Waals surface area contributed by atoms with Crippen molar-refractivity contribution in [1.29, 1.82) is 0 Å². The Morgan fingerprint density at radius 2 is 1.77 bits per heavy atom. The van der Waals surface area contributed by atoms with Crippen molar-refractivity contribution >= 4 is 32.6 Å². The van der Waals surface area contributed by atoms with Gasteiger partial charge in [-0.05, 0) is 31.6 Å². The predicted molar refractivity (Wildman–Crippen MR) is 121 cm³/mol. The zero-order valence-corrected chi connectivity index (χ0v) is 18.5. The minimum absolute atomic E-state index is 0.0171. The van der Waals surface area contributed by atoms with Crippen molar-refractivity contribution in [3.63, 3.8) is 0 Å². The lowest BCUT2D eigenvalue weighted by atomic mass is 10.1. The first-order valence-corrected chi connectivity index (χ1v) is 11.2. The van der Waals surface area contributed by atoms with Gasteiger partial charge in [0.1, 0.15) is 13.2 Å². The molecule has 0 saturated carbocycles. The first kappa shape index (κ1) is 20.6. The van der Waals surface area contributed by atoms with Gasteiger partial charge in [0.15, 0.2) is 16.6 Å². The maximum absolute atomic E-state index is 13.5. The number of benzene rings is 2. The van der Waals surface area contributed by atoms with Gasteiger partial charge in [-0.25, -0.2) is 4.98 Å². The molecule has 1 aliphatic heterocycles. The number of likely N-dealkylation sites (N-methyl/N-ethyl adjacent to an activating group) is 1. The third-order valence-corrected chi connectivity index (χ3v) is 6.47. The molecule has 0 radical (unpaired) electrons. The highest BCUT2D eigenvalue weighted by molar-refractivity contribution is 7.22. The van der Waals surface area contributed by atoms with Crippen molar-refractivity contribution < 1.29 is 14.3 Å². The molecule has 0 aliphatic carbocycles. The monoisotopic (exact) mass is 425 g/mol. The van der Waals surface area contributed by atoms with Gasteiger partial charge in [0.05, 0.1) is 10.2 Å². The summed E-state index contributed by atoms with van der Waals surface area (Å²) >= 11 is 1.51. The second-order valence-electron chi connectivity index (χ2n) is 7.26. The maximum atomic E-state index is 13.5. The van der Waals surface area contributed by atoms with E-state index in [9.17, 15) is 4.79 Å². The molecule has 158 valence electrons. The maximum Gasteiger partial charge on any atom is 0.260 e. The van der Waals surface area contributed by atoms with Crippen LogP contribution in [0, 0.1) is 6.92 Å². The van der Waals surface area contributed by atoms with Crippen LogP contribution in [-0.4, -0.2) is 55.2 Å². The molecule has 4 rings (SSSR count). The van der Waals surface area contributed by atoms with Crippen LogP contribution in [0.15, 0.2) is 36.4 Å². The number of amides is 1. The van der Waals surface area contributed by atoms with E-state index in [1.165, 1.54) is 11.3 Å². The summed E-state index contributed by atoms with van der Waals surface area (Å²) in [6, 6.07) is 11.6. The van der Waals surface area contributed by atoms with Crippen molar-refractivity contribution in [2.75, 3.05) is 44.3 Å². The smallest absolute Gasteiger partial charge is 0.260 e. The average Bonchev–Trinajstić information content (AvgIpc) is 3.17. The van der Waals surface area contributed by atoms with E-state index in [-0.39, 0.29) is 5.91 Å². The molecule has 0 N–H and O–H groups in total. The second-order valence-corrected chi connectivity index (χ2v) is 8.27. The summed E-state index contributed by atoms with van der Waals surface area (Å²) in [6.45, 7) is 10.6. The summed E-state index contributed by atoms with van der Waals surface area (Å²) in [7, 11) is 0. The molecule has 1 aliphatic rings. The molecule has 6 nitrogen and oxygen atoms in total. The minimum Gasteiger partial charge on any atom is -0.486 e. The Bertz CT molecular complexity index is 1000. The van der Waals surface area contributed by atoms with Gasteiger partial charge in [0.25, 0.3) is 5.91 Å². The van der Waals surface area contributed by atoms with E-state index in [0.717, 1.165) is 41.2 Å². The van der Waals surface area contributed by atoms with Gasteiger partial charge in [0, 0.05) is 30.8 Å². The van der Waals surface area contributed by atoms with E-state index in [1.54, 1.807) is 0 Å². The Morgan fingerprint density at radius 1 is 1.07 bits per heavy atom. The normalized spacial score (nSPS) is 13.1. The van der Waals surface area contributed by atoms with Crippen LogP contribution in [0.4, 0.5) is 5.13 Å². The molecule has 0 bridgehead atoms. The zero-order chi connectivity index (χ0) is 21.1. The number of nitrogens with zero attached hydrogens (tertiary/aromatic N) is 3. The summed E-state index contributed by atoms with van der Waals surface area (Å²) in [6.07, 6.45) is 0. The predicted octanol–water partition coefficient (Wildman–Crippen LogP) is 4.36. The molecule has 7 heteroatoms. The fourth-order valence-corrected chi connectivity index (χ4v) is 4.59. The highest BCUT2D eigenvalue weighted by atomic mass is 32.1. The van der Waals surface area contributed by atoms with E-state index in [4.69, 9.17) is 14.5 Å². The van der Waals surface area contributed by atoms with Crippen LogP contribution in [0.25, 0.3) is 10.2 Å². The molecule has 0 saturated heterocycles. The first-order valence-electron chi connectivity index (χ1n) is 10.4. The number of ether oxygens (including phenoxy) is 2. The highest BCUT2D eigenvalue weighted by Crippen LogP contribution is 2.39. The Morgan fingerprint density at radius 3 is 2.47 bits per heavy atom. The van der Waals surface area contributed by atoms with Crippen LogP contribution in [0.5, 0.6) is 11.5 Å². The molecule has 1 amide bonds.